The summed E-state index contributed by atoms with van der Waals surface area (Å²) in [6, 6.07) is 15.7. The molecule has 1 saturated heterocycles. The second kappa shape index (κ2) is 11.7. The Morgan fingerprint density at radius 3 is 2.30 bits per heavy atom. The molecule has 1 aliphatic heterocycles. The molecule has 1 heterocycles. The number of rotatable bonds is 7. The molecule has 2 aromatic carbocycles. The van der Waals surface area contributed by atoms with Gasteiger partial charge in [-0.2, -0.15) is 0 Å². The maximum atomic E-state index is 13.0. The molecule has 0 bridgehead atoms. The lowest BCUT2D eigenvalue weighted by atomic mass is 9.89. The second-order valence-electron chi connectivity index (χ2n) is 6.50. The summed E-state index contributed by atoms with van der Waals surface area (Å²) >= 11 is 0. The lowest BCUT2D eigenvalue weighted by molar-refractivity contribution is 0.0835. The van der Waals surface area contributed by atoms with Gasteiger partial charge in [0.2, 0.25) is 0 Å². The maximum Gasteiger partial charge on any atom is 0.166 e. The molecule has 0 aromatic heterocycles. The highest BCUT2D eigenvalue weighted by Crippen LogP contribution is 2.22. The SMILES string of the molecule is Cl.O.O=C(c1ccc(F)cc1)C1CCN(CCCOc2ccccc2)CC1. The van der Waals surface area contributed by atoms with Crippen LogP contribution in [0.4, 0.5) is 4.39 Å². The minimum atomic E-state index is -0.302. The molecule has 1 aliphatic rings. The van der Waals surface area contributed by atoms with E-state index in [0.717, 1.165) is 44.6 Å². The predicted octanol–water partition coefficient (Wildman–Crippen LogP) is 3.79. The van der Waals surface area contributed by atoms with E-state index in [1.165, 1.54) is 12.1 Å². The molecule has 6 heteroatoms. The Morgan fingerprint density at radius 2 is 1.67 bits per heavy atom. The van der Waals surface area contributed by atoms with E-state index < -0.39 is 0 Å². The highest BCUT2D eigenvalue weighted by molar-refractivity contribution is 5.97. The number of para-hydroxylation sites is 1. The minimum Gasteiger partial charge on any atom is -0.494 e. The molecule has 4 nitrogen and oxygen atoms in total. The maximum absolute atomic E-state index is 13.0. The summed E-state index contributed by atoms with van der Waals surface area (Å²) in [4.78, 5) is 14.9. The van der Waals surface area contributed by atoms with E-state index in [4.69, 9.17) is 4.74 Å². The fourth-order valence-corrected chi connectivity index (χ4v) is 3.26. The van der Waals surface area contributed by atoms with E-state index in [2.05, 4.69) is 4.90 Å². The Bertz CT molecular complexity index is 674. The van der Waals surface area contributed by atoms with E-state index >= 15 is 0 Å². The standard InChI is InChI=1S/C21H24FNO2.ClH.H2O/c22-19-9-7-17(8-10-19)21(24)18-11-14-23(15-12-18)13-4-16-25-20-5-2-1-3-6-20;;/h1-3,5-10,18H,4,11-16H2;1H;1H2. The third-order valence-corrected chi connectivity index (χ3v) is 4.72. The summed E-state index contributed by atoms with van der Waals surface area (Å²) in [6.07, 6.45) is 2.72. The van der Waals surface area contributed by atoms with Gasteiger partial charge in [-0.3, -0.25) is 4.79 Å². The lowest BCUT2D eigenvalue weighted by Gasteiger charge is -2.31. The number of carbonyl (C=O) groups excluding carboxylic acids is 1. The molecule has 1 fully saturated rings. The zero-order valence-corrected chi connectivity index (χ0v) is 16.1. The molecule has 2 N–H and O–H groups in total. The first-order valence-electron chi connectivity index (χ1n) is 8.92. The average molecular weight is 396 g/mol. The van der Waals surface area contributed by atoms with Crippen molar-refractivity contribution >= 4 is 18.2 Å². The van der Waals surface area contributed by atoms with Crippen molar-refractivity contribution in [3.05, 3.63) is 66.0 Å². The Hall–Kier alpha value is -1.95. The summed E-state index contributed by atoms with van der Waals surface area (Å²) in [7, 11) is 0. The summed E-state index contributed by atoms with van der Waals surface area (Å²) < 4.78 is 18.7. The van der Waals surface area contributed by atoms with Gasteiger partial charge in [0.25, 0.3) is 0 Å². The molecule has 0 radical (unpaired) electrons. The minimum absolute atomic E-state index is 0. The van der Waals surface area contributed by atoms with Crippen LogP contribution in [0.15, 0.2) is 54.6 Å². The van der Waals surface area contributed by atoms with Gasteiger partial charge in [-0.1, -0.05) is 18.2 Å². The van der Waals surface area contributed by atoms with Crippen molar-refractivity contribution < 1.29 is 19.4 Å². The zero-order valence-electron chi connectivity index (χ0n) is 15.3. The van der Waals surface area contributed by atoms with Gasteiger partial charge in [0, 0.05) is 18.0 Å². The average Bonchev–Trinajstić information content (AvgIpc) is 2.67. The zero-order chi connectivity index (χ0) is 17.5. The number of halogens is 2. The number of piperidine rings is 1. The van der Waals surface area contributed by atoms with E-state index in [-0.39, 0.29) is 35.4 Å². The first-order valence-corrected chi connectivity index (χ1v) is 8.92. The molecule has 0 saturated carbocycles. The van der Waals surface area contributed by atoms with Crippen LogP contribution < -0.4 is 4.74 Å². The van der Waals surface area contributed by atoms with Gasteiger partial charge in [0.05, 0.1) is 6.61 Å². The topological polar surface area (TPSA) is 61.0 Å². The van der Waals surface area contributed by atoms with Crippen molar-refractivity contribution in [3.63, 3.8) is 0 Å². The first-order chi connectivity index (χ1) is 12.2. The summed E-state index contributed by atoms with van der Waals surface area (Å²) in [5.41, 5.74) is 0.621. The van der Waals surface area contributed by atoms with Gasteiger partial charge in [-0.05, 0) is 68.8 Å². The molecule has 148 valence electrons. The Labute approximate surface area is 166 Å². The van der Waals surface area contributed by atoms with Crippen molar-refractivity contribution in [2.45, 2.75) is 19.3 Å². The molecule has 0 aliphatic carbocycles. The molecular formula is C21H27ClFNO3. The van der Waals surface area contributed by atoms with Crippen LogP contribution in [0.25, 0.3) is 0 Å². The molecular weight excluding hydrogens is 369 g/mol. The third kappa shape index (κ3) is 6.94. The van der Waals surface area contributed by atoms with Crippen LogP contribution in [0, 0.1) is 11.7 Å². The van der Waals surface area contributed by atoms with Gasteiger partial charge in [0.1, 0.15) is 11.6 Å². The van der Waals surface area contributed by atoms with Crippen LogP contribution in [-0.2, 0) is 0 Å². The summed E-state index contributed by atoms with van der Waals surface area (Å²) in [5, 5.41) is 0. The van der Waals surface area contributed by atoms with Crippen molar-refractivity contribution in [3.8, 4) is 5.75 Å². The normalized spacial score (nSPS) is 14.7. The number of Topliss-reactive ketones (excluding diaryl/α,β-unsaturated/α-hetero) is 1. The largest absolute Gasteiger partial charge is 0.494 e. The van der Waals surface area contributed by atoms with Crippen molar-refractivity contribution in [2.24, 2.45) is 5.92 Å². The number of likely N-dealkylation sites (tertiary alicyclic amines) is 1. The molecule has 2 aromatic rings. The van der Waals surface area contributed by atoms with Gasteiger partial charge >= 0.3 is 0 Å². The number of nitrogens with zero attached hydrogens (tertiary/aromatic N) is 1. The fraction of sp³-hybridized carbons (Fsp3) is 0.381. The highest BCUT2D eigenvalue weighted by atomic mass is 35.5. The van der Waals surface area contributed by atoms with Crippen LogP contribution in [0.3, 0.4) is 0 Å². The van der Waals surface area contributed by atoms with Crippen LogP contribution in [0.5, 0.6) is 5.75 Å². The Kier molecular flexibility index (Phi) is 10.0. The van der Waals surface area contributed by atoms with Crippen molar-refractivity contribution in [2.75, 3.05) is 26.2 Å². The lowest BCUT2D eigenvalue weighted by Crippen LogP contribution is -2.37. The van der Waals surface area contributed by atoms with Crippen LogP contribution >= 0.6 is 12.4 Å². The third-order valence-electron chi connectivity index (χ3n) is 4.72. The van der Waals surface area contributed by atoms with Gasteiger partial charge in [-0.15, -0.1) is 12.4 Å². The smallest absolute Gasteiger partial charge is 0.166 e. The van der Waals surface area contributed by atoms with E-state index in [1.807, 2.05) is 30.3 Å². The molecule has 0 spiro atoms. The molecule has 3 rings (SSSR count). The highest BCUT2D eigenvalue weighted by Gasteiger charge is 2.25. The number of hydrogen-bond acceptors (Lipinski definition) is 3. The number of carbonyl (C=O) groups is 1. The molecule has 27 heavy (non-hydrogen) atoms. The summed E-state index contributed by atoms with van der Waals surface area (Å²) in [6.45, 7) is 3.56. The second-order valence-corrected chi connectivity index (χ2v) is 6.50. The number of benzene rings is 2. The quantitative estimate of drug-likeness (QED) is 0.529. The molecule has 0 unspecified atom stereocenters. The Balaban J connectivity index is 0.00000182. The fourth-order valence-electron chi connectivity index (χ4n) is 3.26. The van der Waals surface area contributed by atoms with Crippen molar-refractivity contribution in [1.29, 1.82) is 0 Å². The number of ether oxygens (including phenoxy) is 1. The van der Waals surface area contributed by atoms with Gasteiger partial charge in [0.15, 0.2) is 5.78 Å². The monoisotopic (exact) mass is 395 g/mol. The molecule has 0 atom stereocenters. The van der Waals surface area contributed by atoms with Crippen LogP contribution in [-0.4, -0.2) is 42.4 Å². The number of ketones is 1. The first kappa shape index (κ1) is 23.1. The van der Waals surface area contributed by atoms with Crippen molar-refractivity contribution in [1.82, 2.24) is 4.90 Å². The molecule has 0 amide bonds. The Morgan fingerprint density at radius 1 is 1.04 bits per heavy atom. The van der Waals surface area contributed by atoms with E-state index in [1.54, 1.807) is 12.1 Å². The van der Waals surface area contributed by atoms with Crippen LogP contribution in [0.1, 0.15) is 29.6 Å². The number of hydrogen-bond donors (Lipinski definition) is 0. The van der Waals surface area contributed by atoms with Gasteiger partial charge < -0.3 is 15.1 Å². The van der Waals surface area contributed by atoms with Crippen LogP contribution in [0.2, 0.25) is 0 Å². The predicted molar refractivity (Wildman–Crippen MR) is 107 cm³/mol. The summed E-state index contributed by atoms with van der Waals surface area (Å²) in [5.74, 6) is 0.810. The van der Waals surface area contributed by atoms with E-state index in [0.29, 0.717) is 12.2 Å². The van der Waals surface area contributed by atoms with E-state index in [9.17, 15) is 9.18 Å². The van der Waals surface area contributed by atoms with Gasteiger partial charge in [-0.25, -0.2) is 4.39 Å².